The number of carbonyl (C=O) groups excluding carboxylic acids is 1. The normalized spacial score (nSPS) is 18.2. The molecule has 2 rings (SSSR count). The van der Waals surface area contributed by atoms with Crippen LogP contribution in [-0.4, -0.2) is 52.9 Å². The lowest BCUT2D eigenvalue weighted by Crippen LogP contribution is -2.45. The number of piperidine rings is 1. The number of urea groups is 1. The van der Waals surface area contributed by atoms with Crippen LogP contribution in [0, 0.1) is 0 Å². The minimum absolute atomic E-state index is 0.00670. The van der Waals surface area contributed by atoms with E-state index in [1.165, 1.54) is 0 Å². The van der Waals surface area contributed by atoms with Crippen LogP contribution in [0.15, 0.2) is 0 Å². The number of aromatic amines is 1. The number of carbonyl (C=O) groups is 1. The number of rotatable bonds is 8. The number of methoxy groups -OCH3 is 1. The summed E-state index contributed by atoms with van der Waals surface area (Å²) in [6.07, 6.45) is 6.18. The molecule has 0 saturated carbocycles. The molecule has 7 nitrogen and oxygen atoms in total. The van der Waals surface area contributed by atoms with E-state index in [9.17, 15) is 4.79 Å². The maximum atomic E-state index is 12.5. The fourth-order valence-corrected chi connectivity index (χ4v) is 3.00. The molecule has 1 aliphatic rings. The molecule has 7 heteroatoms. The number of unbranched alkanes of at least 4 members (excludes halogenated alkanes) is 2. The van der Waals surface area contributed by atoms with Gasteiger partial charge in [0.15, 0.2) is 5.82 Å². The van der Waals surface area contributed by atoms with Crippen molar-refractivity contribution >= 4 is 6.03 Å². The van der Waals surface area contributed by atoms with Gasteiger partial charge in [0, 0.05) is 32.7 Å². The third-order valence-electron chi connectivity index (χ3n) is 4.42. The molecule has 1 aromatic heterocycles. The molecule has 24 heavy (non-hydrogen) atoms. The quantitative estimate of drug-likeness (QED) is 0.714. The Hall–Kier alpha value is -1.63. The van der Waals surface area contributed by atoms with Gasteiger partial charge < -0.3 is 15.0 Å². The van der Waals surface area contributed by atoms with E-state index in [-0.39, 0.29) is 18.0 Å². The Morgan fingerprint density at radius 2 is 2.21 bits per heavy atom. The van der Waals surface area contributed by atoms with Crippen molar-refractivity contribution in [3.8, 4) is 0 Å². The molecule has 2 heterocycles. The molecule has 0 radical (unpaired) electrons. The summed E-state index contributed by atoms with van der Waals surface area (Å²) in [5.41, 5.74) is 0. The van der Waals surface area contributed by atoms with Crippen molar-refractivity contribution in [3.05, 3.63) is 11.6 Å². The highest BCUT2D eigenvalue weighted by molar-refractivity contribution is 5.74. The summed E-state index contributed by atoms with van der Waals surface area (Å²) in [6.45, 7) is 6.41. The summed E-state index contributed by atoms with van der Waals surface area (Å²) >= 11 is 0. The van der Waals surface area contributed by atoms with E-state index in [0.717, 1.165) is 63.3 Å². The van der Waals surface area contributed by atoms with Crippen molar-refractivity contribution in [2.75, 3.05) is 26.8 Å². The third-order valence-corrected chi connectivity index (χ3v) is 4.42. The summed E-state index contributed by atoms with van der Waals surface area (Å²) in [6, 6.07) is 0.0150. The van der Waals surface area contributed by atoms with Crippen molar-refractivity contribution in [2.24, 2.45) is 0 Å². The first kappa shape index (κ1) is 18.7. The van der Waals surface area contributed by atoms with Gasteiger partial charge in [-0.15, -0.1) is 0 Å². The minimum atomic E-state index is 0.00670. The van der Waals surface area contributed by atoms with Gasteiger partial charge in [0.25, 0.3) is 0 Å². The second-order valence-electron chi connectivity index (χ2n) is 6.72. The maximum absolute atomic E-state index is 12.5. The third kappa shape index (κ3) is 5.19. The van der Waals surface area contributed by atoms with Crippen molar-refractivity contribution in [1.29, 1.82) is 0 Å². The number of hydrogen-bond donors (Lipinski definition) is 2. The molecule has 1 aromatic rings. The van der Waals surface area contributed by atoms with Crippen LogP contribution in [0.2, 0.25) is 0 Å². The van der Waals surface area contributed by atoms with Gasteiger partial charge in [0.1, 0.15) is 5.82 Å². The van der Waals surface area contributed by atoms with Crippen molar-refractivity contribution in [3.63, 3.8) is 0 Å². The van der Waals surface area contributed by atoms with Gasteiger partial charge in [-0.2, -0.15) is 5.10 Å². The first-order valence-electron chi connectivity index (χ1n) is 9.09. The molecule has 1 saturated heterocycles. The largest absolute Gasteiger partial charge is 0.385 e. The Kier molecular flexibility index (Phi) is 7.49. The summed E-state index contributed by atoms with van der Waals surface area (Å²) in [5.74, 6) is 1.91. The molecular formula is C17H31N5O2. The molecular weight excluding hydrogens is 306 g/mol. The first-order valence-corrected chi connectivity index (χ1v) is 9.09. The molecule has 0 aromatic carbocycles. The average Bonchev–Trinajstić information content (AvgIpc) is 3.08. The monoisotopic (exact) mass is 337 g/mol. The Labute approximate surface area is 144 Å². The number of nitrogens with one attached hydrogen (secondary N) is 2. The Morgan fingerprint density at radius 3 is 2.92 bits per heavy atom. The van der Waals surface area contributed by atoms with Gasteiger partial charge in [-0.3, -0.25) is 5.10 Å². The Bertz CT molecular complexity index is 503. The molecule has 136 valence electrons. The topological polar surface area (TPSA) is 83.1 Å². The zero-order valence-electron chi connectivity index (χ0n) is 15.2. The molecule has 2 amide bonds. The molecule has 0 spiro atoms. The molecule has 1 atom stereocenters. The van der Waals surface area contributed by atoms with Gasteiger partial charge in [-0.1, -0.05) is 13.8 Å². The van der Waals surface area contributed by atoms with Crippen LogP contribution in [0.1, 0.15) is 76.0 Å². The van der Waals surface area contributed by atoms with Crippen LogP contribution in [-0.2, 0) is 4.74 Å². The SMILES string of the molecule is COCCCCCNC(=O)N1CCCC[C@H]1c1nc(C(C)C)n[nH]1. The Morgan fingerprint density at radius 1 is 1.38 bits per heavy atom. The van der Waals surface area contributed by atoms with Crippen LogP contribution >= 0.6 is 0 Å². The number of ether oxygens (including phenoxy) is 1. The van der Waals surface area contributed by atoms with Crippen LogP contribution in [0.25, 0.3) is 0 Å². The standard InChI is InChI=1S/C17H31N5O2/c1-13(2)15-19-16(21-20-15)14-9-5-7-11-22(14)17(23)18-10-6-4-8-12-24-3/h13-14H,4-12H2,1-3H3,(H,18,23)(H,19,20,21)/t14-/m0/s1. The highest BCUT2D eigenvalue weighted by Crippen LogP contribution is 2.29. The summed E-state index contributed by atoms with van der Waals surface area (Å²) < 4.78 is 5.03. The molecule has 0 aliphatic carbocycles. The van der Waals surface area contributed by atoms with Gasteiger partial charge in [-0.25, -0.2) is 9.78 Å². The van der Waals surface area contributed by atoms with Crippen molar-refractivity contribution < 1.29 is 9.53 Å². The predicted octanol–water partition coefficient (Wildman–Crippen LogP) is 2.98. The summed E-state index contributed by atoms with van der Waals surface area (Å²) in [7, 11) is 1.71. The second kappa shape index (κ2) is 9.61. The van der Waals surface area contributed by atoms with E-state index in [1.807, 2.05) is 4.90 Å². The van der Waals surface area contributed by atoms with Gasteiger partial charge in [0.2, 0.25) is 0 Å². The van der Waals surface area contributed by atoms with Crippen molar-refractivity contribution in [2.45, 2.75) is 64.3 Å². The average molecular weight is 337 g/mol. The second-order valence-corrected chi connectivity index (χ2v) is 6.72. The van der Waals surface area contributed by atoms with E-state index in [1.54, 1.807) is 7.11 Å². The molecule has 1 aliphatic heterocycles. The van der Waals surface area contributed by atoms with E-state index in [2.05, 4.69) is 34.3 Å². The molecule has 2 N–H and O–H groups in total. The van der Waals surface area contributed by atoms with Gasteiger partial charge >= 0.3 is 6.03 Å². The predicted molar refractivity (Wildman–Crippen MR) is 92.9 cm³/mol. The van der Waals surface area contributed by atoms with Gasteiger partial charge in [-0.05, 0) is 38.5 Å². The molecule has 1 fully saturated rings. The van der Waals surface area contributed by atoms with Crippen molar-refractivity contribution in [1.82, 2.24) is 25.4 Å². The lowest BCUT2D eigenvalue weighted by molar-refractivity contribution is 0.147. The lowest BCUT2D eigenvalue weighted by Gasteiger charge is -2.34. The number of likely N-dealkylation sites (tertiary alicyclic amines) is 1. The zero-order valence-corrected chi connectivity index (χ0v) is 15.2. The van der Waals surface area contributed by atoms with Gasteiger partial charge in [0.05, 0.1) is 6.04 Å². The fraction of sp³-hybridized carbons (Fsp3) is 0.824. The minimum Gasteiger partial charge on any atom is -0.385 e. The Balaban J connectivity index is 1.87. The van der Waals surface area contributed by atoms with Crippen LogP contribution in [0.4, 0.5) is 4.79 Å². The number of hydrogen-bond acceptors (Lipinski definition) is 4. The number of H-pyrrole nitrogens is 1. The van der Waals surface area contributed by atoms with E-state index in [4.69, 9.17) is 4.74 Å². The van der Waals surface area contributed by atoms with E-state index >= 15 is 0 Å². The number of nitrogens with zero attached hydrogens (tertiary/aromatic N) is 3. The molecule has 0 unspecified atom stereocenters. The first-order chi connectivity index (χ1) is 11.6. The summed E-state index contributed by atoms with van der Waals surface area (Å²) in [5, 5.41) is 10.4. The highest BCUT2D eigenvalue weighted by atomic mass is 16.5. The highest BCUT2D eigenvalue weighted by Gasteiger charge is 2.30. The molecule has 0 bridgehead atoms. The summed E-state index contributed by atoms with van der Waals surface area (Å²) in [4.78, 5) is 19.0. The zero-order chi connectivity index (χ0) is 17.4. The van der Waals surface area contributed by atoms with E-state index < -0.39 is 0 Å². The maximum Gasteiger partial charge on any atom is 0.318 e. The van der Waals surface area contributed by atoms with E-state index in [0.29, 0.717) is 6.54 Å². The number of amides is 2. The van der Waals surface area contributed by atoms with Crippen LogP contribution in [0.3, 0.4) is 0 Å². The lowest BCUT2D eigenvalue weighted by atomic mass is 10.0. The van der Waals surface area contributed by atoms with Crippen LogP contribution in [0.5, 0.6) is 0 Å². The number of aromatic nitrogens is 3. The fourth-order valence-electron chi connectivity index (χ4n) is 3.00. The smallest absolute Gasteiger partial charge is 0.318 e. The van der Waals surface area contributed by atoms with Crippen LogP contribution < -0.4 is 5.32 Å².